The predicted molar refractivity (Wildman–Crippen MR) is 86.6 cm³/mol. The van der Waals surface area contributed by atoms with Crippen LogP contribution in [0.1, 0.15) is 26.7 Å². The molecule has 1 aromatic rings. The highest BCUT2D eigenvalue weighted by molar-refractivity contribution is 8.00. The van der Waals surface area contributed by atoms with Gasteiger partial charge in [-0.25, -0.2) is 0 Å². The molecule has 3 N–H and O–H groups in total. The molecule has 2 unspecified atom stereocenters. The molecule has 116 valence electrons. The number of hydrogen-bond acceptors (Lipinski definition) is 4. The fourth-order valence-corrected chi connectivity index (χ4v) is 3.20. The van der Waals surface area contributed by atoms with Crippen LogP contribution in [0.3, 0.4) is 0 Å². The third kappa shape index (κ3) is 4.14. The van der Waals surface area contributed by atoms with Gasteiger partial charge >= 0.3 is 0 Å². The monoisotopic (exact) mass is 308 g/mol. The van der Waals surface area contributed by atoms with E-state index in [9.17, 15) is 4.79 Å². The first-order valence-electron chi connectivity index (χ1n) is 7.31. The van der Waals surface area contributed by atoms with Crippen molar-refractivity contribution in [1.82, 2.24) is 5.32 Å². The Morgan fingerprint density at radius 1 is 1.48 bits per heavy atom. The molecule has 0 aliphatic heterocycles. The van der Waals surface area contributed by atoms with Gasteiger partial charge in [-0.1, -0.05) is 0 Å². The minimum absolute atomic E-state index is 0.0515. The molecular formula is C16H24N2O2S. The van der Waals surface area contributed by atoms with Gasteiger partial charge in [-0.15, -0.1) is 11.8 Å². The number of nitrogens with two attached hydrogens (primary N) is 1. The van der Waals surface area contributed by atoms with Crippen LogP contribution in [0.4, 0.5) is 0 Å². The lowest BCUT2D eigenvalue weighted by atomic mass is 9.96. The Balaban J connectivity index is 1.92. The number of carbonyl (C=O) groups excluding carboxylic acids is 1. The van der Waals surface area contributed by atoms with Crippen molar-refractivity contribution >= 4 is 17.7 Å². The van der Waals surface area contributed by atoms with Crippen LogP contribution in [0.5, 0.6) is 5.75 Å². The first-order chi connectivity index (χ1) is 9.98. The molecule has 1 amide bonds. The lowest BCUT2D eigenvalue weighted by molar-refractivity contribution is -0.122. The molecular weight excluding hydrogens is 284 g/mol. The molecule has 0 aromatic heterocycles. The molecule has 0 bridgehead atoms. The zero-order chi connectivity index (χ0) is 15.5. The minimum Gasteiger partial charge on any atom is -0.497 e. The van der Waals surface area contributed by atoms with Crippen LogP contribution in [0.25, 0.3) is 0 Å². The second-order valence-corrected chi connectivity index (χ2v) is 7.23. The standard InChI is InChI=1S/C16H24N2O2S/c1-11(21-14-8-6-13(20-3)7-9-14)15(19)18-16(2,10-17)12-4-5-12/h6-9,11-12H,4-5,10,17H2,1-3H3,(H,18,19). The fraction of sp³-hybridized carbons (Fsp3) is 0.562. The number of benzene rings is 1. The van der Waals surface area contributed by atoms with Gasteiger partial charge in [-0.05, 0) is 56.9 Å². The molecule has 1 aliphatic rings. The van der Waals surface area contributed by atoms with Gasteiger partial charge in [0.1, 0.15) is 5.75 Å². The summed E-state index contributed by atoms with van der Waals surface area (Å²) in [7, 11) is 1.64. The van der Waals surface area contributed by atoms with E-state index in [1.165, 1.54) is 0 Å². The first-order valence-corrected chi connectivity index (χ1v) is 8.19. The summed E-state index contributed by atoms with van der Waals surface area (Å²) in [6, 6.07) is 7.74. The molecule has 2 atom stereocenters. The van der Waals surface area contributed by atoms with Gasteiger partial charge in [-0.3, -0.25) is 4.79 Å². The van der Waals surface area contributed by atoms with Gasteiger partial charge in [0.05, 0.1) is 17.9 Å². The number of ether oxygens (including phenoxy) is 1. The van der Waals surface area contributed by atoms with E-state index >= 15 is 0 Å². The first kappa shape index (κ1) is 16.2. The number of methoxy groups -OCH3 is 1. The van der Waals surface area contributed by atoms with E-state index in [1.807, 2.05) is 38.1 Å². The molecule has 4 nitrogen and oxygen atoms in total. The number of hydrogen-bond donors (Lipinski definition) is 2. The minimum atomic E-state index is -0.258. The molecule has 5 heteroatoms. The summed E-state index contributed by atoms with van der Waals surface area (Å²) in [4.78, 5) is 13.4. The Labute approximate surface area is 130 Å². The average Bonchev–Trinajstić information content (AvgIpc) is 3.33. The summed E-state index contributed by atoms with van der Waals surface area (Å²) in [5.74, 6) is 1.40. The van der Waals surface area contributed by atoms with Crippen molar-refractivity contribution in [3.8, 4) is 5.75 Å². The summed E-state index contributed by atoms with van der Waals surface area (Å²) < 4.78 is 5.13. The van der Waals surface area contributed by atoms with E-state index < -0.39 is 0 Å². The Morgan fingerprint density at radius 2 is 2.10 bits per heavy atom. The molecule has 2 rings (SSSR count). The predicted octanol–water partition coefficient (Wildman–Crippen LogP) is 2.42. The summed E-state index contributed by atoms with van der Waals surface area (Å²) >= 11 is 1.55. The summed E-state index contributed by atoms with van der Waals surface area (Å²) in [6.45, 7) is 4.46. The van der Waals surface area contributed by atoms with Crippen molar-refractivity contribution in [2.24, 2.45) is 11.7 Å². The molecule has 1 aliphatic carbocycles. The molecule has 0 spiro atoms. The number of amides is 1. The van der Waals surface area contributed by atoms with E-state index in [1.54, 1.807) is 18.9 Å². The van der Waals surface area contributed by atoms with Gasteiger partial charge in [-0.2, -0.15) is 0 Å². The highest BCUT2D eigenvalue weighted by Crippen LogP contribution is 2.39. The van der Waals surface area contributed by atoms with Crippen molar-refractivity contribution in [3.05, 3.63) is 24.3 Å². The highest BCUT2D eigenvalue weighted by atomic mass is 32.2. The number of thioether (sulfide) groups is 1. The normalized spacial score (nSPS) is 18.7. The van der Waals surface area contributed by atoms with Crippen molar-refractivity contribution in [1.29, 1.82) is 0 Å². The molecule has 0 heterocycles. The van der Waals surface area contributed by atoms with Crippen LogP contribution in [0, 0.1) is 5.92 Å². The Kier molecular flexibility index (Phi) is 5.17. The van der Waals surface area contributed by atoms with E-state index in [2.05, 4.69) is 5.32 Å². The van der Waals surface area contributed by atoms with Crippen LogP contribution in [0.15, 0.2) is 29.2 Å². The maximum atomic E-state index is 12.4. The van der Waals surface area contributed by atoms with Crippen LogP contribution >= 0.6 is 11.8 Å². The molecule has 0 saturated heterocycles. The average molecular weight is 308 g/mol. The lowest BCUT2D eigenvalue weighted by Crippen LogP contribution is -2.54. The molecule has 21 heavy (non-hydrogen) atoms. The quantitative estimate of drug-likeness (QED) is 0.759. The van der Waals surface area contributed by atoms with E-state index in [0.29, 0.717) is 12.5 Å². The molecule has 1 aromatic carbocycles. The topological polar surface area (TPSA) is 64.3 Å². The summed E-state index contributed by atoms with van der Waals surface area (Å²) in [6.07, 6.45) is 2.32. The number of carbonyl (C=O) groups is 1. The van der Waals surface area contributed by atoms with E-state index in [4.69, 9.17) is 10.5 Å². The highest BCUT2D eigenvalue weighted by Gasteiger charge is 2.42. The van der Waals surface area contributed by atoms with Crippen LogP contribution < -0.4 is 15.8 Å². The molecule has 1 fully saturated rings. The van der Waals surface area contributed by atoms with Crippen LogP contribution in [0.2, 0.25) is 0 Å². The van der Waals surface area contributed by atoms with Crippen molar-refractivity contribution in [3.63, 3.8) is 0 Å². The largest absolute Gasteiger partial charge is 0.497 e. The third-order valence-electron chi connectivity index (χ3n) is 4.05. The Morgan fingerprint density at radius 3 is 2.57 bits per heavy atom. The van der Waals surface area contributed by atoms with Gasteiger partial charge in [0, 0.05) is 11.4 Å². The lowest BCUT2D eigenvalue weighted by Gasteiger charge is -2.30. The van der Waals surface area contributed by atoms with E-state index in [-0.39, 0.29) is 16.7 Å². The van der Waals surface area contributed by atoms with Crippen molar-refractivity contribution < 1.29 is 9.53 Å². The van der Waals surface area contributed by atoms with Crippen molar-refractivity contribution in [2.45, 2.75) is 42.4 Å². The van der Waals surface area contributed by atoms with Crippen LogP contribution in [-0.2, 0) is 4.79 Å². The van der Waals surface area contributed by atoms with E-state index in [0.717, 1.165) is 23.5 Å². The maximum Gasteiger partial charge on any atom is 0.233 e. The second-order valence-electron chi connectivity index (χ2n) is 5.82. The van der Waals surface area contributed by atoms with Gasteiger partial charge in [0.25, 0.3) is 0 Å². The van der Waals surface area contributed by atoms with Gasteiger partial charge < -0.3 is 15.8 Å². The maximum absolute atomic E-state index is 12.4. The zero-order valence-corrected chi connectivity index (χ0v) is 13.7. The molecule has 1 saturated carbocycles. The van der Waals surface area contributed by atoms with Crippen molar-refractivity contribution in [2.75, 3.05) is 13.7 Å². The Bertz CT molecular complexity index is 488. The second kappa shape index (κ2) is 6.71. The smallest absolute Gasteiger partial charge is 0.233 e. The Hall–Kier alpha value is -1.20. The van der Waals surface area contributed by atoms with Gasteiger partial charge in [0.2, 0.25) is 5.91 Å². The third-order valence-corrected chi connectivity index (χ3v) is 5.16. The fourth-order valence-electron chi connectivity index (χ4n) is 2.34. The number of rotatable bonds is 7. The van der Waals surface area contributed by atoms with Gasteiger partial charge in [0.15, 0.2) is 0 Å². The number of nitrogens with one attached hydrogen (secondary N) is 1. The molecule has 0 radical (unpaired) electrons. The zero-order valence-electron chi connectivity index (χ0n) is 12.9. The SMILES string of the molecule is COc1ccc(SC(C)C(=O)NC(C)(CN)C2CC2)cc1. The summed E-state index contributed by atoms with van der Waals surface area (Å²) in [5, 5.41) is 2.99. The van der Waals surface area contributed by atoms with Crippen LogP contribution in [-0.4, -0.2) is 30.4 Å². The summed E-state index contributed by atoms with van der Waals surface area (Å²) in [5.41, 5.74) is 5.59.